The Labute approximate surface area is 222 Å². The van der Waals surface area contributed by atoms with Gasteiger partial charge < -0.3 is 19.5 Å². The van der Waals surface area contributed by atoms with Gasteiger partial charge in [0.25, 0.3) is 0 Å². The zero-order chi connectivity index (χ0) is 26.7. The molecule has 3 aromatic heterocycles. The number of rotatable bonds is 10. The lowest BCUT2D eigenvalue weighted by molar-refractivity contribution is 0.280. The fourth-order valence-corrected chi connectivity index (χ4v) is 5.48. The molecule has 0 aliphatic carbocycles. The van der Waals surface area contributed by atoms with Gasteiger partial charge in [0, 0.05) is 28.6 Å². The van der Waals surface area contributed by atoms with Crippen LogP contribution in [-0.4, -0.2) is 52.2 Å². The number of fused-ring (bicyclic) bond motifs is 1. The predicted octanol–water partition coefficient (Wildman–Crippen LogP) is 4.83. The summed E-state index contributed by atoms with van der Waals surface area (Å²) in [6, 6.07) is 7.97. The van der Waals surface area contributed by atoms with Gasteiger partial charge in [0.2, 0.25) is 0 Å². The Balaban J connectivity index is 1.89. The normalized spacial score (nSPS) is 12.5. The van der Waals surface area contributed by atoms with Crippen molar-refractivity contribution in [2.24, 2.45) is 0 Å². The maximum atomic E-state index is 9.82. The number of hydrogen-bond acceptors (Lipinski definition) is 8. The van der Waals surface area contributed by atoms with Crippen LogP contribution in [0.4, 0.5) is 5.00 Å². The van der Waals surface area contributed by atoms with Crippen molar-refractivity contribution in [3.8, 4) is 22.9 Å². The maximum Gasteiger partial charge on any atom is 0.189 e. The van der Waals surface area contributed by atoms with Gasteiger partial charge in [0.1, 0.15) is 0 Å². The standard InChI is InChI=1S/C28H37N5O3S/c1-8-10-13-32(9-2)23-12-11-19(37-23)16-21-25(28(3,4)5)31-33-26(29-30-27(21)33)20-14-18(17-34)15-22(35-6)24(20)36-7/h11-12,14-16,34H,8-10,13,17H2,1-7H3/b21-16-. The van der Waals surface area contributed by atoms with Crippen molar-refractivity contribution < 1.29 is 14.6 Å². The molecular weight excluding hydrogens is 486 g/mol. The number of thiophene rings is 1. The highest BCUT2D eigenvalue weighted by Gasteiger charge is 2.26. The van der Waals surface area contributed by atoms with Gasteiger partial charge in [-0.1, -0.05) is 34.1 Å². The molecule has 8 nitrogen and oxygen atoms in total. The smallest absolute Gasteiger partial charge is 0.189 e. The van der Waals surface area contributed by atoms with Gasteiger partial charge in [-0.2, -0.15) is 9.61 Å². The Morgan fingerprint density at radius 3 is 2.51 bits per heavy atom. The minimum atomic E-state index is -0.213. The number of anilines is 1. The van der Waals surface area contributed by atoms with E-state index in [1.54, 1.807) is 36.1 Å². The van der Waals surface area contributed by atoms with E-state index < -0.39 is 0 Å². The van der Waals surface area contributed by atoms with Crippen molar-refractivity contribution in [2.75, 3.05) is 32.2 Å². The van der Waals surface area contributed by atoms with E-state index in [1.807, 2.05) is 6.07 Å². The summed E-state index contributed by atoms with van der Waals surface area (Å²) in [5, 5.41) is 26.1. The van der Waals surface area contributed by atoms with Gasteiger partial charge in [-0.05, 0) is 49.2 Å². The highest BCUT2D eigenvalue weighted by Crippen LogP contribution is 2.39. The van der Waals surface area contributed by atoms with Crippen LogP contribution in [0.25, 0.3) is 23.1 Å². The summed E-state index contributed by atoms with van der Waals surface area (Å²) in [5.41, 5.74) is 2.76. The Morgan fingerprint density at radius 1 is 1.11 bits per heavy atom. The molecule has 0 amide bonds. The number of hydrogen-bond donors (Lipinski definition) is 1. The first-order chi connectivity index (χ1) is 17.7. The molecule has 9 heteroatoms. The first-order valence-corrected chi connectivity index (χ1v) is 13.6. The minimum Gasteiger partial charge on any atom is -0.493 e. The minimum absolute atomic E-state index is 0.135. The molecule has 0 atom stereocenters. The molecule has 1 N–H and O–H groups in total. The second kappa shape index (κ2) is 11.1. The molecule has 4 aromatic rings. The van der Waals surface area contributed by atoms with Gasteiger partial charge >= 0.3 is 0 Å². The van der Waals surface area contributed by atoms with Gasteiger partial charge in [-0.3, -0.25) is 0 Å². The molecule has 198 valence electrons. The second-order valence-corrected chi connectivity index (χ2v) is 11.2. The number of aliphatic hydroxyl groups excluding tert-OH is 1. The van der Waals surface area contributed by atoms with E-state index >= 15 is 0 Å². The Hall–Kier alpha value is -3.17. The van der Waals surface area contributed by atoms with E-state index in [0.29, 0.717) is 34.1 Å². The molecule has 0 bridgehead atoms. The molecule has 37 heavy (non-hydrogen) atoms. The quantitative estimate of drug-likeness (QED) is 0.319. The lowest BCUT2D eigenvalue weighted by Crippen LogP contribution is -2.22. The maximum absolute atomic E-state index is 9.82. The monoisotopic (exact) mass is 523 g/mol. The SMILES string of the molecule is CCCCN(CC)c1ccc(/C=c2/c(C(C)(C)C)nn3c(-c4cc(CO)cc(OC)c4OC)nnc23)s1. The summed E-state index contributed by atoms with van der Waals surface area (Å²) in [7, 11) is 3.16. The lowest BCUT2D eigenvalue weighted by atomic mass is 9.91. The molecule has 0 fully saturated rings. The molecule has 3 heterocycles. The molecule has 0 aliphatic rings. The van der Waals surface area contributed by atoms with E-state index in [9.17, 15) is 5.11 Å². The third-order valence-electron chi connectivity index (χ3n) is 6.38. The summed E-state index contributed by atoms with van der Waals surface area (Å²) in [5.74, 6) is 1.58. The van der Waals surface area contributed by atoms with Crippen LogP contribution in [-0.2, 0) is 12.0 Å². The van der Waals surface area contributed by atoms with Gasteiger partial charge in [0.05, 0.1) is 37.1 Å². The molecule has 0 spiro atoms. The zero-order valence-corrected chi connectivity index (χ0v) is 23.6. The van der Waals surface area contributed by atoms with Crippen molar-refractivity contribution in [2.45, 2.75) is 59.5 Å². The van der Waals surface area contributed by atoms with Crippen molar-refractivity contribution in [1.82, 2.24) is 19.8 Å². The van der Waals surface area contributed by atoms with E-state index in [4.69, 9.17) is 14.6 Å². The van der Waals surface area contributed by atoms with Gasteiger partial charge in [-0.25, -0.2) is 0 Å². The summed E-state index contributed by atoms with van der Waals surface area (Å²) in [4.78, 5) is 3.58. The molecule has 1 aromatic carbocycles. The van der Waals surface area contributed by atoms with Gasteiger partial charge in [0.15, 0.2) is 23.0 Å². The topological polar surface area (TPSA) is 85.0 Å². The largest absolute Gasteiger partial charge is 0.493 e. The number of aromatic nitrogens is 4. The molecule has 0 unspecified atom stereocenters. The Kier molecular flexibility index (Phi) is 8.04. The fourth-order valence-electron chi connectivity index (χ4n) is 4.44. The van der Waals surface area contributed by atoms with E-state index in [2.05, 4.69) is 67.9 Å². The fraction of sp³-hybridized carbons (Fsp3) is 0.464. The number of benzene rings is 1. The molecule has 0 aliphatic heterocycles. The molecule has 0 radical (unpaired) electrons. The molecular formula is C28H37N5O3S. The average Bonchev–Trinajstić information content (AvgIpc) is 3.60. The van der Waals surface area contributed by atoms with Crippen LogP contribution in [0.5, 0.6) is 11.5 Å². The number of nitrogens with zero attached hydrogens (tertiary/aromatic N) is 5. The molecule has 0 saturated carbocycles. The van der Waals surface area contributed by atoms with Crippen molar-refractivity contribution in [3.63, 3.8) is 0 Å². The van der Waals surface area contributed by atoms with Crippen molar-refractivity contribution in [3.05, 3.63) is 45.6 Å². The van der Waals surface area contributed by atoms with Crippen LogP contribution < -0.4 is 19.6 Å². The number of ether oxygens (including phenoxy) is 2. The van der Waals surface area contributed by atoms with Crippen LogP contribution in [0.3, 0.4) is 0 Å². The third-order valence-corrected chi connectivity index (χ3v) is 7.48. The highest BCUT2D eigenvalue weighted by atomic mass is 32.1. The number of unbranched alkanes of at least 4 members (excludes halogenated alkanes) is 1. The average molecular weight is 524 g/mol. The molecule has 0 saturated heterocycles. The van der Waals surface area contributed by atoms with Crippen LogP contribution in [0.2, 0.25) is 0 Å². The zero-order valence-electron chi connectivity index (χ0n) is 22.8. The summed E-state index contributed by atoms with van der Waals surface area (Å²) in [6.07, 6.45) is 4.53. The summed E-state index contributed by atoms with van der Waals surface area (Å²) >= 11 is 1.78. The van der Waals surface area contributed by atoms with Crippen molar-refractivity contribution in [1.29, 1.82) is 0 Å². The van der Waals surface area contributed by atoms with E-state index in [-0.39, 0.29) is 12.0 Å². The third kappa shape index (κ3) is 5.29. The first kappa shape index (κ1) is 26.9. The number of methoxy groups -OCH3 is 2. The first-order valence-electron chi connectivity index (χ1n) is 12.7. The second-order valence-electron chi connectivity index (χ2n) is 10.1. The predicted molar refractivity (Wildman–Crippen MR) is 150 cm³/mol. The summed E-state index contributed by atoms with van der Waals surface area (Å²) in [6.45, 7) is 12.8. The van der Waals surface area contributed by atoms with Crippen LogP contribution in [0.1, 0.15) is 63.6 Å². The Morgan fingerprint density at radius 2 is 1.89 bits per heavy atom. The van der Waals surface area contributed by atoms with Crippen molar-refractivity contribution >= 4 is 28.1 Å². The van der Waals surface area contributed by atoms with Gasteiger partial charge in [-0.15, -0.1) is 21.5 Å². The number of aliphatic hydroxyl groups is 1. The Bertz CT molecular complexity index is 1420. The van der Waals surface area contributed by atoms with E-state index in [1.165, 1.54) is 17.8 Å². The van der Waals surface area contributed by atoms with Crippen LogP contribution >= 0.6 is 11.3 Å². The highest BCUT2D eigenvalue weighted by molar-refractivity contribution is 7.16. The summed E-state index contributed by atoms with van der Waals surface area (Å²) < 4.78 is 13.0. The molecule has 4 rings (SSSR count). The lowest BCUT2D eigenvalue weighted by Gasteiger charge is -2.20. The van der Waals surface area contributed by atoms with Crippen LogP contribution in [0.15, 0.2) is 24.3 Å². The van der Waals surface area contributed by atoms with E-state index in [0.717, 1.165) is 28.9 Å². The van der Waals surface area contributed by atoms with Crippen LogP contribution in [0, 0.1) is 0 Å².